The predicted octanol–water partition coefficient (Wildman–Crippen LogP) is 4.47. The predicted molar refractivity (Wildman–Crippen MR) is 93.2 cm³/mol. The number of fused-ring (bicyclic) bond motifs is 3. The number of benzene rings is 3. The molecule has 0 aliphatic heterocycles. The molecule has 0 amide bonds. The highest BCUT2D eigenvalue weighted by Gasteiger charge is 2.33. The Hall–Kier alpha value is -2.43. The monoisotopic (exact) mass is 336 g/mol. The zero-order valence-corrected chi connectivity index (χ0v) is 14.0. The van der Waals surface area contributed by atoms with Crippen molar-refractivity contribution in [2.45, 2.75) is 17.9 Å². The van der Waals surface area contributed by atoms with Crippen LogP contribution in [0.1, 0.15) is 22.8 Å². The fourth-order valence-corrected chi connectivity index (χ4v) is 4.14. The van der Waals surface area contributed by atoms with E-state index in [1.54, 1.807) is 24.3 Å². The third-order valence-corrected chi connectivity index (χ3v) is 5.60. The van der Waals surface area contributed by atoms with Gasteiger partial charge in [-0.2, -0.15) is 8.42 Å². The van der Waals surface area contributed by atoms with Gasteiger partial charge in [0.05, 0.1) is 4.90 Å². The van der Waals surface area contributed by atoms with Gasteiger partial charge in [0.25, 0.3) is 10.1 Å². The summed E-state index contributed by atoms with van der Waals surface area (Å²) in [5.74, 6) is 0. The Labute approximate surface area is 141 Å². The highest BCUT2D eigenvalue weighted by molar-refractivity contribution is 7.86. The van der Waals surface area contributed by atoms with Gasteiger partial charge in [-0.1, -0.05) is 66.2 Å². The summed E-state index contributed by atoms with van der Waals surface area (Å²) in [5, 5.41) is 0. The van der Waals surface area contributed by atoms with Gasteiger partial charge in [0.1, 0.15) is 6.10 Å². The van der Waals surface area contributed by atoms with E-state index in [9.17, 15) is 8.42 Å². The van der Waals surface area contributed by atoms with E-state index in [-0.39, 0.29) is 4.90 Å². The molecule has 0 spiro atoms. The van der Waals surface area contributed by atoms with Crippen LogP contribution in [0.2, 0.25) is 0 Å². The molecular formula is C20H16O3S. The number of hydrogen-bond donors (Lipinski definition) is 0. The lowest BCUT2D eigenvalue weighted by atomic mass is 10.1. The van der Waals surface area contributed by atoms with Crippen LogP contribution in [0.4, 0.5) is 0 Å². The van der Waals surface area contributed by atoms with Gasteiger partial charge in [0.2, 0.25) is 0 Å². The summed E-state index contributed by atoms with van der Waals surface area (Å²) in [4.78, 5) is 0.176. The minimum Gasteiger partial charge on any atom is -0.253 e. The molecule has 0 N–H and O–H groups in total. The fourth-order valence-electron chi connectivity index (χ4n) is 3.10. The number of hydrogen-bond acceptors (Lipinski definition) is 3. The largest absolute Gasteiger partial charge is 0.297 e. The first-order valence-corrected chi connectivity index (χ1v) is 9.15. The summed E-state index contributed by atoms with van der Waals surface area (Å²) in [6, 6.07) is 22.2. The van der Waals surface area contributed by atoms with Crippen LogP contribution in [-0.2, 0) is 14.3 Å². The van der Waals surface area contributed by atoms with Crippen molar-refractivity contribution in [1.29, 1.82) is 0 Å². The lowest BCUT2D eigenvalue weighted by Crippen LogP contribution is -2.11. The topological polar surface area (TPSA) is 43.4 Å². The molecule has 0 aromatic heterocycles. The van der Waals surface area contributed by atoms with E-state index < -0.39 is 16.2 Å². The normalized spacial score (nSPS) is 13.5. The van der Waals surface area contributed by atoms with Gasteiger partial charge in [0, 0.05) is 0 Å². The van der Waals surface area contributed by atoms with Gasteiger partial charge < -0.3 is 0 Å². The van der Waals surface area contributed by atoms with E-state index in [0.29, 0.717) is 0 Å². The standard InChI is InChI=1S/C20H16O3S/c1-14-10-12-15(13-11-14)24(21,22)23-20-18-8-4-2-6-16(18)17-7-3-5-9-19(17)20/h2-13,20H,1H3. The van der Waals surface area contributed by atoms with Crippen LogP contribution in [0.3, 0.4) is 0 Å². The minimum atomic E-state index is -3.85. The van der Waals surface area contributed by atoms with Crippen molar-refractivity contribution in [2.75, 3.05) is 0 Å². The second-order valence-corrected chi connectivity index (χ2v) is 7.49. The molecule has 0 saturated heterocycles. The van der Waals surface area contributed by atoms with Crippen LogP contribution in [0.15, 0.2) is 77.7 Å². The molecule has 0 heterocycles. The van der Waals surface area contributed by atoms with E-state index in [0.717, 1.165) is 27.8 Å². The third kappa shape index (κ3) is 2.44. The van der Waals surface area contributed by atoms with Gasteiger partial charge in [-0.3, -0.25) is 4.18 Å². The Balaban J connectivity index is 1.78. The molecule has 3 aromatic carbocycles. The number of rotatable bonds is 3. The first kappa shape index (κ1) is 15.1. The molecule has 3 aromatic rings. The third-order valence-electron chi connectivity index (χ3n) is 4.31. The minimum absolute atomic E-state index is 0.176. The van der Waals surface area contributed by atoms with Crippen LogP contribution in [-0.4, -0.2) is 8.42 Å². The maximum absolute atomic E-state index is 12.7. The first-order chi connectivity index (χ1) is 11.6. The van der Waals surface area contributed by atoms with Crippen molar-refractivity contribution in [2.24, 2.45) is 0 Å². The molecule has 0 fully saturated rings. The molecule has 1 aliphatic carbocycles. The first-order valence-electron chi connectivity index (χ1n) is 7.74. The molecule has 4 heteroatoms. The molecule has 4 rings (SSSR count). The van der Waals surface area contributed by atoms with Gasteiger partial charge in [-0.25, -0.2) is 0 Å². The van der Waals surface area contributed by atoms with Gasteiger partial charge in [-0.05, 0) is 41.3 Å². The second kappa shape index (κ2) is 5.58. The molecule has 0 radical (unpaired) electrons. The van der Waals surface area contributed by atoms with Crippen LogP contribution in [0.25, 0.3) is 11.1 Å². The van der Waals surface area contributed by atoms with Gasteiger partial charge >= 0.3 is 0 Å². The van der Waals surface area contributed by atoms with Crippen molar-refractivity contribution in [3.8, 4) is 11.1 Å². The van der Waals surface area contributed by atoms with Gasteiger partial charge in [0.15, 0.2) is 0 Å². The second-order valence-electron chi connectivity index (χ2n) is 5.92. The van der Waals surface area contributed by atoms with Crippen molar-refractivity contribution < 1.29 is 12.6 Å². The lowest BCUT2D eigenvalue weighted by molar-refractivity contribution is 0.258. The van der Waals surface area contributed by atoms with Crippen molar-refractivity contribution >= 4 is 10.1 Å². The van der Waals surface area contributed by atoms with E-state index >= 15 is 0 Å². The van der Waals surface area contributed by atoms with Crippen molar-refractivity contribution in [1.82, 2.24) is 0 Å². The SMILES string of the molecule is Cc1ccc(S(=O)(=O)OC2c3ccccc3-c3ccccc32)cc1. The summed E-state index contributed by atoms with van der Waals surface area (Å²) < 4.78 is 31.0. The smallest absolute Gasteiger partial charge is 0.253 e. The molecule has 0 saturated carbocycles. The maximum atomic E-state index is 12.7. The zero-order chi connectivity index (χ0) is 16.7. The van der Waals surface area contributed by atoms with Crippen LogP contribution < -0.4 is 0 Å². The average Bonchev–Trinajstić information content (AvgIpc) is 2.90. The summed E-state index contributed by atoms with van der Waals surface area (Å²) in [5.41, 5.74) is 4.82. The summed E-state index contributed by atoms with van der Waals surface area (Å²) >= 11 is 0. The molecular weight excluding hydrogens is 320 g/mol. The van der Waals surface area contributed by atoms with Crippen LogP contribution in [0.5, 0.6) is 0 Å². The summed E-state index contributed by atoms with van der Waals surface area (Å²) in [6.07, 6.45) is -0.608. The molecule has 1 aliphatic rings. The highest BCUT2D eigenvalue weighted by atomic mass is 32.2. The molecule has 0 atom stereocenters. The summed E-state index contributed by atoms with van der Waals surface area (Å²) in [7, 11) is -3.85. The van der Waals surface area contributed by atoms with Gasteiger partial charge in [-0.15, -0.1) is 0 Å². The Morgan fingerprint density at radius 1 is 0.750 bits per heavy atom. The molecule has 0 bridgehead atoms. The van der Waals surface area contributed by atoms with E-state index in [2.05, 4.69) is 0 Å². The average molecular weight is 336 g/mol. The highest BCUT2D eigenvalue weighted by Crippen LogP contribution is 2.46. The number of aryl methyl sites for hydroxylation is 1. The maximum Gasteiger partial charge on any atom is 0.297 e. The van der Waals surface area contributed by atoms with Crippen molar-refractivity contribution in [3.05, 3.63) is 89.5 Å². The Kier molecular flexibility index (Phi) is 3.52. The Morgan fingerprint density at radius 2 is 1.25 bits per heavy atom. The van der Waals surface area contributed by atoms with Crippen molar-refractivity contribution in [3.63, 3.8) is 0 Å². The fraction of sp³-hybridized carbons (Fsp3) is 0.100. The quantitative estimate of drug-likeness (QED) is 0.663. The van der Waals surface area contributed by atoms with Crippen LogP contribution in [0, 0.1) is 6.92 Å². The Bertz CT molecular complexity index is 960. The lowest BCUT2D eigenvalue weighted by Gasteiger charge is -2.15. The molecule has 24 heavy (non-hydrogen) atoms. The van der Waals surface area contributed by atoms with E-state index in [1.807, 2.05) is 55.5 Å². The molecule has 120 valence electrons. The summed E-state index contributed by atoms with van der Waals surface area (Å²) in [6.45, 7) is 1.92. The Morgan fingerprint density at radius 3 is 1.79 bits per heavy atom. The molecule has 3 nitrogen and oxygen atoms in total. The van der Waals surface area contributed by atoms with E-state index in [4.69, 9.17) is 4.18 Å². The van der Waals surface area contributed by atoms with Crippen LogP contribution >= 0.6 is 0 Å². The van der Waals surface area contributed by atoms with E-state index in [1.165, 1.54) is 0 Å². The zero-order valence-electron chi connectivity index (χ0n) is 13.1. The molecule has 0 unspecified atom stereocenters.